The van der Waals surface area contributed by atoms with Crippen LogP contribution in [0.1, 0.15) is 71.7 Å². The lowest BCUT2D eigenvalue weighted by atomic mass is 9.87. The van der Waals surface area contributed by atoms with Gasteiger partial charge in [0, 0.05) is 35.2 Å². The van der Waals surface area contributed by atoms with Crippen LogP contribution >= 0.6 is 0 Å². The van der Waals surface area contributed by atoms with Crippen molar-refractivity contribution in [2.24, 2.45) is 7.05 Å². The maximum Gasteiger partial charge on any atom is 0.163 e. The molecule has 0 saturated carbocycles. The standard InChI is InChI=1S/C24H33N5/c1-9-23(4,5)21-26-19(27-22(28-21)24(6,7)10-2)17-12-11-13-18(14-17)20-25-16(3)15-29(20)8/h11-15H,9-10H2,1-8H3. The zero-order valence-corrected chi connectivity index (χ0v) is 19.0. The van der Waals surface area contributed by atoms with Crippen LogP contribution in [0.2, 0.25) is 0 Å². The predicted molar refractivity (Wildman–Crippen MR) is 119 cm³/mol. The van der Waals surface area contributed by atoms with E-state index in [0.717, 1.165) is 53.0 Å². The lowest BCUT2D eigenvalue weighted by molar-refractivity contribution is 0.434. The monoisotopic (exact) mass is 391 g/mol. The summed E-state index contributed by atoms with van der Waals surface area (Å²) in [6.45, 7) is 15.2. The molecular formula is C24H33N5. The van der Waals surface area contributed by atoms with Gasteiger partial charge in [-0.3, -0.25) is 0 Å². The Kier molecular flexibility index (Phi) is 5.61. The van der Waals surface area contributed by atoms with Gasteiger partial charge in [0.1, 0.15) is 17.5 Å². The van der Waals surface area contributed by atoms with Crippen LogP contribution in [-0.2, 0) is 17.9 Å². The Hall–Kier alpha value is -2.56. The van der Waals surface area contributed by atoms with Gasteiger partial charge < -0.3 is 4.57 Å². The molecule has 2 heterocycles. The Morgan fingerprint density at radius 2 is 1.38 bits per heavy atom. The molecule has 0 N–H and O–H groups in total. The molecule has 3 rings (SSSR count). The Morgan fingerprint density at radius 3 is 1.86 bits per heavy atom. The van der Waals surface area contributed by atoms with Gasteiger partial charge in [-0.25, -0.2) is 19.9 Å². The van der Waals surface area contributed by atoms with Crippen LogP contribution in [0.3, 0.4) is 0 Å². The number of rotatable bonds is 6. The van der Waals surface area contributed by atoms with Crippen LogP contribution in [0.25, 0.3) is 22.8 Å². The molecule has 29 heavy (non-hydrogen) atoms. The summed E-state index contributed by atoms with van der Waals surface area (Å²) in [5.74, 6) is 3.40. The third kappa shape index (κ3) is 4.24. The van der Waals surface area contributed by atoms with E-state index in [-0.39, 0.29) is 10.8 Å². The fraction of sp³-hybridized carbons (Fsp3) is 0.500. The van der Waals surface area contributed by atoms with Crippen molar-refractivity contribution in [3.63, 3.8) is 0 Å². The lowest BCUT2D eigenvalue weighted by Gasteiger charge is -2.26. The van der Waals surface area contributed by atoms with E-state index in [9.17, 15) is 0 Å². The summed E-state index contributed by atoms with van der Waals surface area (Å²) in [4.78, 5) is 19.4. The zero-order valence-electron chi connectivity index (χ0n) is 19.0. The van der Waals surface area contributed by atoms with Gasteiger partial charge in [-0.05, 0) is 25.8 Å². The molecule has 5 nitrogen and oxygen atoms in total. The molecule has 0 saturated heterocycles. The molecule has 0 aliphatic carbocycles. The minimum absolute atomic E-state index is 0.106. The first-order chi connectivity index (χ1) is 13.6. The minimum atomic E-state index is -0.106. The summed E-state index contributed by atoms with van der Waals surface area (Å²) < 4.78 is 2.05. The maximum absolute atomic E-state index is 4.91. The molecule has 0 unspecified atom stereocenters. The van der Waals surface area contributed by atoms with Gasteiger partial charge in [-0.2, -0.15) is 0 Å². The Morgan fingerprint density at radius 1 is 0.828 bits per heavy atom. The Bertz CT molecular complexity index is 980. The van der Waals surface area contributed by atoms with E-state index in [1.54, 1.807) is 0 Å². The van der Waals surface area contributed by atoms with Gasteiger partial charge in [0.15, 0.2) is 5.82 Å². The molecule has 0 spiro atoms. The predicted octanol–water partition coefficient (Wildman–Crippen LogP) is 5.62. The SMILES string of the molecule is CCC(C)(C)c1nc(-c2cccc(-c3nc(C)cn3C)c2)nc(C(C)(C)CC)n1. The van der Waals surface area contributed by atoms with E-state index < -0.39 is 0 Å². The summed E-state index contributed by atoms with van der Waals surface area (Å²) in [5, 5.41) is 0. The molecule has 0 aliphatic rings. The molecule has 5 heteroatoms. The molecule has 0 atom stereocenters. The first-order valence-electron chi connectivity index (χ1n) is 10.4. The van der Waals surface area contributed by atoms with Crippen LogP contribution in [-0.4, -0.2) is 24.5 Å². The second kappa shape index (κ2) is 7.69. The largest absolute Gasteiger partial charge is 0.334 e. The van der Waals surface area contributed by atoms with Crippen LogP contribution in [0.5, 0.6) is 0 Å². The average Bonchev–Trinajstić information content (AvgIpc) is 3.05. The van der Waals surface area contributed by atoms with Crippen molar-refractivity contribution in [2.45, 2.75) is 72.1 Å². The molecular weight excluding hydrogens is 358 g/mol. The number of aryl methyl sites for hydroxylation is 2. The number of benzene rings is 1. The van der Waals surface area contributed by atoms with E-state index >= 15 is 0 Å². The third-order valence-corrected chi connectivity index (χ3v) is 5.99. The number of aromatic nitrogens is 5. The van der Waals surface area contributed by atoms with Gasteiger partial charge in [0.25, 0.3) is 0 Å². The fourth-order valence-corrected chi connectivity index (χ4v) is 3.11. The van der Waals surface area contributed by atoms with Crippen molar-refractivity contribution in [1.82, 2.24) is 24.5 Å². The van der Waals surface area contributed by atoms with Gasteiger partial charge in [0.05, 0.1) is 5.69 Å². The Balaban J connectivity index is 2.18. The van der Waals surface area contributed by atoms with Crippen LogP contribution in [0, 0.1) is 6.92 Å². The summed E-state index contributed by atoms with van der Waals surface area (Å²) in [5.41, 5.74) is 2.85. The first kappa shape index (κ1) is 21.2. The number of hydrogen-bond donors (Lipinski definition) is 0. The zero-order chi connectivity index (χ0) is 21.4. The second-order valence-electron chi connectivity index (χ2n) is 9.18. The topological polar surface area (TPSA) is 56.5 Å². The highest BCUT2D eigenvalue weighted by molar-refractivity contribution is 5.66. The first-order valence-corrected chi connectivity index (χ1v) is 10.4. The molecule has 154 valence electrons. The van der Waals surface area contributed by atoms with E-state index in [0.29, 0.717) is 0 Å². The minimum Gasteiger partial charge on any atom is -0.334 e. The van der Waals surface area contributed by atoms with E-state index in [4.69, 9.17) is 15.0 Å². The van der Waals surface area contributed by atoms with Crippen molar-refractivity contribution < 1.29 is 0 Å². The molecule has 1 aromatic carbocycles. The van der Waals surface area contributed by atoms with Crippen molar-refractivity contribution in [3.05, 3.63) is 47.8 Å². The summed E-state index contributed by atoms with van der Waals surface area (Å²) >= 11 is 0. The summed E-state index contributed by atoms with van der Waals surface area (Å²) in [6.07, 6.45) is 3.97. The molecule has 0 aliphatic heterocycles. The van der Waals surface area contributed by atoms with Crippen molar-refractivity contribution in [2.75, 3.05) is 0 Å². The van der Waals surface area contributed by atoms with Crippen LogP contribution < -0.4 is 0 Å². The van der Waals surface area contributed by atoms with Crippen LogP contribution in [0.4, 0.5) is 0 Å². The Labute approximate surface area is 174 Å². The number of hydrogen-bond acceptors (Lipinski definition) is 4. The van der Waals surface area contributed by atoms with Crippen molar-refractivity contribution >= 4 is 0 Å². The quantitative estimate of drug-likeness (QED) is 0.547. The van der Waals surface area contributed by atoms with Crippen LogP contribution in [0.15, 0.2) is 30.5 Å². The summed E-state index contributed by atoms with van der Waals surface area (Å²) in [6, 6.07) is 8.33. The number of nitrogens with zero attached hydrogens (tertiary/aromatic N) is 5. The van der Waals surface area contributed by atoms with Gasteiger partial charge in [-0.1, -0.05) is 59.7 Å². The van der Waals surface area contributed by atoms with Gasteiger partial charge in [0.2, 0.25) is 0 Å². The highest BCUT2D eigenvalue weighted by Crippen LogP contribution is 2.31. The summed E-state index contributed by atoms with van der Waals surface area (Å²) in [7, 11) is 2.02. The second-order valence-corrected chi connectivity index (χ2v) is 9.18. The molecule has 0 bridgehead atoms. The average molecular weight is 392 g/mol. The van der Waals surface area contributed by atoms with Gasteiger partial charge >= 0.3 is 0 Å². The lowest BCUT2D eigenvalue weighted by Crippen LogP contribution is -2.26. The highest BCUT2D eigenvalue weighted by atomic mass is 15.1. The van der Waals surface area contributed by atoms with Gasteiger partial charge in [-0.15, -0.1) is 0 Å². The van der Waals surface area contributed by atoms with E-state index in [2.05, 4.69) is 69.3 Å². The normalized spacial score (nSPS) is 12.4. The third-order valence-electron chi connectivity index (χ3n) is 5.99. The van der Waals surface area contributed by atoms with Crippen molar-refractivity contribution in [3.8, 4) is 22.8 Å². The smallest absolute Gasteiger partial charge is 0.163 e. The van der Waals surface area contributed by atoms with Crippen molar-refractivity contribution in [1.29, 1.82) is 0 Å². The molecule has 0 radical (unpaired) electrons. The number of imidazole rings is 1. The maximum atomic E-state index is 4.91. The highest BCUT2D eigenvalue weighted by Gasteiger charge is 2.28. The molecule has 3 aromatic rings. The molecule has 0 fully saturated rings. The fourth-order valence-electron chi connectivity index (χ4n) is 3.11. The van der Waals surface area contributed by atoms with E-state index in [1.165, 1.54) is 0 Å². The van der Waals surface area contributed by atoms with E-state index in [1.807, 2.05) is 26.2 Å². The molecule has 0 amide bonds. The molecule has 2 aromatic heterocycles.